The predicted molar refractivity (Wildman–Crippen MR) is 137 cm³/mol. The molecule has 3 fully saturated rings. The quantitative estimate of drug-likeness (QED) is 0.174. The van der Waals surface area contributed by atoms with E-state index in [0.717, 1.165) is 25.7 Å². The van der Waals surface area contributed by atoms with Crippen LogP contribution in [0.2, 0.25) is 5.28 Å². The first-order valence-electron chi connectivity index (χ1n) is 12.3. The SMILES string of the molecule is CN1[C@@H]2CC[C@H]1C[C@@H](OC(=O)Nc1nc(Cl)nc3c1ncn3[C@@H]1O[C@H](COP(=O)(O)CP(=O)(O)O)C(O)[C@@H]1O)C2. The standard InChI is InChI=1S/C20H29ClN6O11P2/c1-26-9-2-3-10(26)5-11(4-9)37-20(30)24-16-13-17(25-19(21)23-16)27(7-22-13)18-15(29)14(28)12(38-18)6-36-40(34,35)8-39(31,32)33/h7,9-12,14-15,18,28-29H,2-6,8H2,1H3,(H,34,35)(H2,31,32,33)(H,23,24,25,30)/t9-,10+,11+,12-,14?,15+,18-/m1/s1. The molecule has 6 N–H and O–H groups in total. The Morgan fingerprint density at radius 2 is 1.85 bits per heavy atom. The lowest BCUT2D eigenvalue weighted by Gasteiger charge is -2.35. The monoisotopic (exact) mass is 626 g/mol. The summed E-state index contributed by atoms with van der Waals surface area (Å²) in [7, 11) is -7.51. The van der Waals surface area contributed by atoms with E-state index in [1.807, 2.05) is 0 Å². The maximum atomic E-state index is 12.7. The van der Waals surface area contributed by atoms with E-state index in [4.69, 9.17) is 35.4 Å². The highest BCUT2D eigenvalue weighted by molar-refractivity contribution is 7.70. The summed E-state index contributed by atoms with van der Waals surface area (Å²) in [5.41, 5.74) is 0.107. The van der Waals surface area contributed by atoms with Crippen LogP contribution in [0.1, 0.15) is 31.9 Å². The average molecular weight is 627 g/mol. The lowest BCUT2D eigenvalue weighted by Crippen LogP contribution is -2.43. The molecule has 0 radical (unpaired) electrons. The van der Waals surface area contributed by atoms with E-state index in [1.54, 1.807) is 0 Å². The third-order valence-electron chi connectivity index (χ3n) is 7.36. The summed E-state index contributed by atoms with van der Waals surface area (Å²) in [4.78, 5) is 54.9. The van der Waals surface area contributed by atoms with E-state index in [-0.39, 0.29) is 28.4 Å². The molecule has 2 aromatic heterocycles. The van der Waals surface area contributed by atoms with Gasteiger partial charge in [0, 0.05) is 24.9 Å². The van der Waals surface area contributed by atoms with Gasteiger partial charge in [-0.05, 0) is 31.5 Å². The Morgan fingerprint density at radius 1 is 1.18 bits per heavy atom. The first kappa shape index (κ1) is 29.7. The first-order chi connectivity index (χ1) is 18.7. The van der Waals surface area contributed by atoms with Crippen molar-refractivity contribution in [1.29, 1.82) is 0 Å². The van der Waals surface area contributed by atoms with E-state index in [2.05, 4.69) is 32.2 Å². The number of aromatic nitrogens is 4. The topological polar surface area (TPSA) is 239 Å². The van der Waals surface area contributed by atoms with E-state index < -0.39 is 58.3 Å². The van der Waals surface area contributed by atoms with Crippen LogP contribution in [0.25, 0.3) is 11.2 Å². The third kappa shape index (κ3) is 6.35. The Balaban J connectivity index is 1.28. The highest BCUT2D eigenvalue weighted by Crippen LogP contribution is 2.55. The van der Waals surface area contributed by atoms with Crippen molar-refractivity contribution >= 4 is 49.9 Å². The van der Waals surface area contributed by atoms with Crippen LogP contribution in [-0.4, -0.2) is 111 Å². The maximum absolute atomic E-state index is 12.7. The molecule has 40 heavy (non-hydrogen) atoms. The first-order valence-corrected chi connectivity index (χ1v) is 16.3. The molecule has 3 aliphatic heterocycles. The van der Waals surface area contributed by atoms with Gasteiger partial charge in [0.15, 0.2) is 29.1 Å². The average Bonchev–Trinajstić information content (AvgIpc) is 3.42. The second-order valence-corrected chi connectivity index (χ2v) is 14.5. The van der Waals surface area contributed by atoms with Crippen molar-refractivity contribution in [2.24, 2.45) is 0 Å². The summed E-state index contributed by atoms with van der Waals surface area (Å²) < 4.78 is 40.2. The number of imidazole rings is 1. The molecule has 2 unspecified atom stereocenters. The summed E-state index contributed by atoms with van der Waals surface area (Å²) in [6, 6.07) is 0.732. The maximum Gasteiger partial charge on any atom is 0.413 e. The smallest absolute Gasteiger partial charge is 0.413 e. The summed E-state index contributed by atoms with van der Waals surface area (Å²) >= 11 is 6.09. The van der Waals surface area contributed by atoms with Gasteiger partial charge in [0.1, 0.15) is 24.4 Å². The van der Waals surface area contributed by atoms with E-state index in [0.29, 0.717) is 12.1 Å². The number of hydrogen-bond donors (Lipinski definition) is 6. The number of aliphatic hydroxyl groups is 2. The lowest BCUT2D eigenvalue weighted by atomic mass is 10.0. The molecule has 3 aliphatic rings. The number of aliphatic hydroxyl groups excluding tert-OH is 2. The van der Waals surface area contributed by atoms with Gasteiger partial charge in [0.25, 0.3) is 0 Å². The van der Waals surface area contributed by atoms with Gasteiger partial charge in [-0.2, -0.15) is 9.97 Å². The second-order valence-electron chi connectivity index (χ2n) is 10.1. The number of ether oxygens (including phenoxy) is 2. The third-order valence-corrected chi connectivity index (χ3v) is 11.0. The summed E-state index contributed by atoms with van der Waals surface area (Å²) in [5, 5.41) is 23.3. The van der Waals surface area contributed by atoms with Crippen molar-refractivity contribution in [3.8, 4) is 0 Å². The van der Waals surface area contributed by atoms with Gasteiger partial charge < -0.3 is 43.8 Å². The highest BCUT2D eigenvalue weighted by Gasteiger charge is 2.46. The number of carbonyl (C=O) groups is 1. The Morgan fingerprint density at radius 3 is 2.50 bits per heavy atom. The number of hydrogen-bond acceptors (Lipinski definition) is 12. The number of anilines is 1. The molecule has 222 valence electrons. The predicted octanol–water partition coefficient (Wildman–Crippen LogP) is 0.610. The van der Waals surface area contributed by atoms with Gasteiger partial charge >= 0.3 is 21.3 Å². The molecule has 2 aromatic rings. The molecular weight excluding hydrogens is 598 g/mol. The van der Waals surface area contributed by atoms with Crippen LogP contribution in [-0.2, 0) is 23.1 Å². The number of nitrogens with zero attached hydrogens (tertiary/aromatic N) is 5. The van der Waals surface area contributed by atoms with Gasteiger partial charge in [-0.15, -0.1) is 0 Å². The van der Waals surface area contributed by atoms with Crippen LogP contribution in [0.3, 0.4) is 0 Å². The van der Waals surface area contributed by atoms with E-state index >= 15 is 0 Å². The normalized spacial score (nSPS) is 32.3. The van der Waals surface area contributed by atoms with Gasteiger partial charge in [-0.25, -0.2) is 9.78 Å². The summed E-state index contributed by atoms with van der Waals surface area (Å²) in [6.07, 6.45) is -2.11. The fourth-order valence-corrected chi connectivity index (χ4v) is 8.19. The zero-order valence-corrected chi connectivity index (χ0v) is 23.6. The van der Waals surface area contributed by atoms with Gasteiger partial charge in [0.05, 0.1) is 12.9 Å². The zero-order chi connectivity index (χ0) is 29.0. The van der Waals surface area contributed by atoms with Crippen molar-refractivity contribution < 1.29 is 52.8 Å². The fraction of sp³-hybridized carbons (Fsp3) is 0.700. The molecule has 0 saturated carbocycles. The van der Waals surface area contributed by atoms with Crippen LogP contribution < -0.4 is 5.32 Å². The molecule has 1 amide bonds. The zero-order valence-electron chi connectivity index (χ0n) is 21.1. The molecular formula is C20H29ClN6O11P2. The molecule has 3 saturated heterocycles. The van der Waals surface area contributed by atoms with Gasteiger partial charge in [0.2, 0.25) is 5.28 Å². The fourth-order valence-electron chi connectivity index (χ4n) is 5.46. The van der Waals surface area contributed by atoms with Crippen molar-refractivity contribution in [3.05, 3.63) is 11.6 Å². The molecule has 8 atom stereocenters. The van der Waals surface area contributed by atoms with Crippen molar-refractivity contribution in [3.63, 3.8) is 0 Å². The van der Waals surface area contributed by atoms with Crippen LogP contribution in [0.15, 0.2) is 6.33 Å². The minimum Gasteiger partial charge on any atom is -0.446 e. The van der Waals surface area contributed by atoms with Crippen molar-refractivity contribution in [1.82, 2.24) is 24.4 Å². The van der Waals surface area contributed by atoms with Gasteiger partial charge in [-0.3, -0.25) is 19.0 Å². The molecule has 17 nitrogen and oxygen atoms in total. The molecule has 5 heterocycles. The number of amides is 1. The van der Waals surface area contributed by atoms with Crippen molar-refractivity contribution in [2.75, 3.05) is 24.9 Å². The van der Waals surface area contributed by atoms with Crippen LogP contribution in [0.4, 0.5) is 10.6 Å². The Kier molecular flexibility index (Phi) is 8.29. The number of halogens is 1. The van der Waals surface area contributed by atoms with E-state index in [1.165, 1.54) is 10.9 Å². The second kappa shape index (κ2) is 11.2. The minimum atomic E-state index is -4.86. The molecule has 5 rings (SSSR count). The van der Waals surface area contributed by atoms with Gasteiger partial charge in [-0.1, -0.05) is 0 Å². The van der Waals surface area contributed by atoms with Crippen LogP contribution in [0, 0.1) is 0 Å². The lowest BCUT2D eigenvalue weighted by molar-refractivity contribution is -0.0483. The molecule has 2 bridgehead atoms. The highest BCUT2D eigenvalue weighted by atomic mass is 35.5. The molecule has 0 aromatic carbocycles. The Labute approximate surface area is 232 Å². The Bertz CT molecular complexity index is 1360. The Hall–Kier alpha value is -1.75. The number of fused-ring (bicyclic) bond motifs is 3. The van der Waals surface area contributed by atoms with Crippen molar-refractivity contribution in [2.45, 2.75) is 68.4 Å². The summed E-state index contributed by atoms with van der Waals surface area (Å²) in [5.74, 6) is -1.48. The minimum absolute atomic E-state index is 0.0276. The molecule has 0 aliphatic carbocycles. The van der Waals surface area contributed by atoms with Crippen LogP contribution in [0.5, 0.6) is 0 Å². The molecule has 0 spiro atoms. The van der Waals surface area contributed by atoms with E-state index in [9.17, 15) is 29.0 Å². The number of rotatable bonds is 8. The summed E-state index contributed by atoms with van der Waals surface area (Å²) in [6.45, 7) is -0.762. The molecule has 20 heteroatoms. The largest absolute Gasteiger partial charge is 0.446 e. The number of nitrogens with one attached hydrogen (secondary N) is 1. The number of piperidine rings is 1. The number of carbonyl (C=O) groups excluding carboxylic acids is 1. The van der Waals surface area contributed by atoms with Crippen LogP contribution >= 0.6 is 26.8 Å².